The van der Waals surface area contributed by atoms with Crippen molar-refractivity contribution in [1.82, 2.24) is 5.32 Å². The van der Waals surface area contributed by atoms with E-state index >= 15 is 0 Å². The molecule has 1 fully saturated rings. The highest BCUT2D eigenvalue weighted by atomic mass is 32.2. The molecule has 0 aromatic heterocycles. The maximum Gasteiger partial charge on any atom is 0.183 e. The minimum atomic E-state index is -3.10. The molecule has 0 aliphatic carbocycles. The van der Waals surface area contributed by atoms with Gasteiger partial charge in [-0.15, -0.1) is 0 Å². The summed E-state index contributed by atoms with van der Waals surface area (Å²) in [6, 6.07) is 9.29. The molecule has 0 bridgehead atoms. The molecule has 3 nitrogen and oxygen atoms in total. The Hall–Kier alpha value is -0.870. The van der Waals surface area contributed by atoms with Gasteiger partial charge in [0, 0.05) is 13.1 Å². The average Bonchev–Trinajstić information content (AvgIpc) is 2.02. The van der Waals surface area contributed by atoms with Gasteiger partial charge in [-0.2, -0.15) is 0 Å². The molecule has 0 amide bonds. The van der Waals surface area contributed by atoms with E-state index in [-0.39, 0.29) is 5.25 Å². The van der Waals surface area contributed by atoms with Gasteiger partial charge < -0.3 is 5.32 Å². The Morgan fingerprint density at radius 1 is 1.46 bits per heavy atom. The Morgan fingerprint density at radius 3 is 2.69 bits per heavy atom. The molecule has 4 heteroatoms. The van der Waals surface area contributed by atoms with Crippen LogP contribution in [0.2, 0.25) is 0 Å². The average molecular weight is 196 g/mol. The number of nitrogens with one attached hydrogen (secondary N) is 1. The van der Waals surface area contributed by atoms with E-state index in [1.807, 2.05) is 0 Å². The first kappa shape index (κ1) is 8.72. The lowest BCUT2D eigenvalue weighted by Gasteiger charge is -2.26. The second-order valence-electron chi connectivity index (χ2n) is 3.06. The molecule has 1 aliphatic heterocycles. The summed E-state index contributed by atoms with van der Waals surface area (Å²) < 4.78 is 23.5. The van der Waals surface area contributed by atoms with Crippen LogP contribution in [0, 0.1) is 6.07 Å². The molecule has 1 radical (unpaired) electrons. The summed E-state index contributed by atoms with van der Waals surface area (Å²) in [5.41, 5.74) is 0. The molecule has 1 N–H and O–H groups in total. The van der Waals surface area contributed by atoms with Gasteiger partial charge in [0.1, 0.15) is 0 Å². The van der Waals surface area contributed by atoms with Crippen LogP contribution in [0.5, 0.6) is 0 Å². The molecule has 69 valence electrons. The highest BCUT2D eigenvalue weighted by molar-refractivity contribution is 7.92. The van der Waals surface area contributed by atoms with Gasteiger partial charge in [0.25, 0.3) is 0 Å². The largest absolute Gasteiger partial charge is 0.314 e. The third-order valence-corrected chi connectivity index (χ3v) is 4.31. The van der Waals surface area contributed by atoms with Crippen LogP contribution in [0.4, 0.5) is 0 Å². The first-order chi connectivity index (χ1) is 6.21. The molecule has 1 saturated heterocycles. The Labute approximate surface area is 77.7 Å². The van der Waals surface area contributed by atoms with E-state index in [0.29, 0.717) is 18.0 Å². The summed E-state index contributed by atoms with van der Waals surface area (Å²) in [4.78, 5) is 0.376. The molecule has 0 spiro atoms. The van der Waals surface area contributed by atoms with Crippen LogP contribution >= 0.6 is 0 Å². The minimum absolute atomic E-state index is 0.247. The van der Waals surface area contributed by atoms with Crippen LogP contribution in [-0.4, -0.2) is 26.8 Å². The van der Waals surface area contributed by atoms with Gasteiger partial charge in [-0.05, 0) is 18.2 Å². The highest BCUT2D eigenvalue weighted by Gasteiger charge is 2.32. The zero-order valence-corrected chi connectivity index (χ0v) is 7.84. The number of benzene rings is 1. The third kappa shape index (κ3) is 1.47. The topological polar surface area (TPSA) is 46.2 Å². The van der Waals surface area contributed by atoms with Crippen molar-refractivity contribution in [2.24, 2.45) is 0 Å². The van der Waals surface area contributed by atoms with Crippen LogP contribution < -0.4 is 5.32 Å². The quantitative estimate of drug-likeness (QED) is 0.736. The summed E-state index contributed by atoms with van der Waals surface area (Å²) in [6.45, 7) is 1.13. The Morgan fingerprint density at radius 2 is 2.23 bits per heavy atom. The molecule has 1 heterocycles. The van der Waals surface area contributed by atoms with Crippen molar-refractivity contribution in [3.8, 4) is 0 Å². The molecular formula is C9H10NO2S. The van der Waals surface area contributed by atoms with Gasteiger partial charge in [0.15, 0.2) is 9.84 Å². The molecule has 0 unspecified atom stereocenters. The van der Waals surface area contributed by atoms with Gasteiger partial charge in [-0.1, -0.05) is 12.1 Å². The van der Waals surface area contributed by atoms with Crippen molar-refractivity contribution >= 4 is 9.84 Å². The zero-order chi connectivity index (χ0) is 9.31. The summed E-state index contributed by atoms with van der Waals surface area (Å²) in [6.07, 6.45) is 0. The fourth-order valence-electron chi connectivity index (χ4n) is 1.23. The summed E-state index contributed by atoms with van der Waals surface area (Å²) in [5, 5.41) is 2.70. The monoisotopic (exact) mass is 196 g/mol. The molecule has 1 aromatic rings. The van der Waals surface area contributed by atoms with E-state index in [4.69, 9.17) is 0 Å². The van der Waals surface area contributed by atoms with Crippen molar-refractivity contribution in [2.75, 3.05) is 13.1 Å². The summed E-state index contributed by atoms with van der Waals surface area (Å²) in [7, 11) is -3.10. The van der Waals surface area contributed by atoms with Crippen LogP contribution in [-0.2, 0) is 9.84 Å². The first-order valence-corrected chi connectivity index (χ1v) is 5.66. The van der Waals surface area contributed by atoms with Gasteiger partial charge in [0.05, 0.1) is 10.1 Å². The van der Waals surface area contributed by atoms with Crippen molar-refractivity contribution in [1.29, 1.82) is 0 Å². The first-order valence-electron chi connectivity index (χ1n) is 4.12. The maximum absolute atomic E-state index is 11.8. The van der Waals surface area contributed by atoms with E-state index in [0.717, 1.165) is 0 Å². The molecule has 2 rings (SSSR count). The molecule has 0 atom stereocenters. The lowest BCUT2D eigenvalue weighted by Crippen LogP contribution is -2.51. The van der Waals surface area contributed by atoms with Crippen molar-refractivity contribution < 1.29 is 8.42 Å². The fraction of sp³-hybridized carbons (Fsp3) is 0.333. The SMILES string of the molecule is O=S(=O)(c1c[c]ccc1)C1CNC1. The zero-order valence-electron chi connectivity index (χ0n) is 7.03. The van der Waals surface area contributed by atoms with E-state index in [1.165, 1.54) is 6.07 Å². The number of rotatable bonds is 2. The second-order valence-corrected chi connectivity index (χ2v) is 5.29. The van der Waals surface area contributed by atoms with Crippen LogP contribution in [0.15, 0.2) is 29.2 Å². The highest BCUT2D eigenvalue weighted by Crippen LogP contribution is 2.17. The predicted molar refractivity (Wildman–Crippen MR) is 49.1 cm³/mol. The van der Waals surface area contributed by atoms with E-state index < -0.39 is 9.84 Å². The van der Waals surface area contributed by atoms with E-state index in [9.17, 15) is 8.42 Å². The normalized spacial score (nSPS) is 18.2. The molecule has 1 aliphatic rings. The van der Waals surface area contributed by atoms with Crippen molar-refractivity contribution in [2.45, 2.75) is 10.1 Å². The third-order valence-electron chi connectivity index (χ3n) is 2.19. The lowest BCUT2D eigenvalue weighted by molar-refractivity contribution is 0.495. The van der Waals surface area contributed by atoms with Crippen LogP contribution in [0.1, 0.15) is 0 Å². The number of hydrogen-bond acceptors (Lipinski definition) is 3. The van der Waals surface area contributed by atoms with Gasteiger partial charge >= 0.3 is 0 Å². The van der Waals surface area contributed by atoms with Crippen molar-refractivity contribution in [3.63, 3.8) is 0 Å². The maximum atomic E-state index is 11.8. The van der Waals surface area contributed by atoms with Crippen LogP contribution in [0.3, 0.4) is 0 Å². The molecule has 13 heavy (non-hydrogen) atoms. The standard InChI is InChI=1S/C9H10NO2S/c11-13(12,9-6-10-7-9)8-4-2-1-3-5-8/h1-2,4-5,9-10H,6-7H2. The molecule has 0 saturated carbocycles. The van der Waals surface area contributed by atoms with Gasteiger partial charge in [-0.25, -0.2) is 8.42 Å². The Bertz CT molecular complexity index is 381. The predicted octanol–water partition coefficient (Wildman–Crippen LogP) is 0.232. The minimum Gasteiger partial charge on any atom is -0.314 e. The molecular weight excluding hydrogens is 186 g/mol. The van der Waals surface area contributed by atoms with Gasteiger partial charge in [-0.3, -0.25) is 0 Å². The van der Waals surface area contributed by atoms with E-state index in [1.54, 1.807) is 18.2 Å². The van der Waals surface area contributed by atoms with Crippen LogP contribution in [0.25, 0.3) is 0 Å². The Balaban J connectivity index is 2.35. The van der Waals surface area contributed by atoms with Crippen molar-refractivity contribution in [3.05, 3.63) is 30.3 Å². The smallest absolute Gasteiger partial charge is 0.183 e. The summed E-state index contributed by atoms with van der Waals surface area (Å²) >= 11 is 0. The number of sulfone groups is 1. The van der Waals surface area contributed by atoms with Gasteiger partial charge in [0.2, 0.25) is 0 Å². The second kappa shape index (κ2) is 3.12. The summed E-state index contributed by atoms with van der Waals surface area (Å²) in [5.74, 6) is 0. The Kier molecular flexibility index (Phi) is 2.09. The van der Waals surface area contributed by atoms with E-state index in [2.05, 4.69) is 11.4 Å². The molecule has 1 aromatic carbocycles. The number of hydrogen-bond donors (Lipinski definition) is 1. The lowest BCUT2D eigenvalue weighted by atomic mass is 10.3. The fourth-order valence-corrected chi connectivity index (χ4v) is 2.79.